The Morgan fingerprint density at radius 1 is 1.64 bits per heavy atom. The molecular formula is C10H13Cl2NS. The monoisotopic (exact) mass is 249 g/mol. The van der Waals surface area contributed by atoms with Gasteiger partial charge in [-0.1, -0.05) is 42.3 Å². The van der Waals surface area contributed by atoms with Crippen LogP contribution in [-0.2, 0) is 0 Å². The highest BCUT2D eigenvalue weighted by molar-refractivity contribution is 7.20. The molecule has 0 bridgehead atoms. The molecule has 1 N–H and O–H groups in total. The fourth-order valence-corrected chi connectivity index (χ4v) is 2.84. The molecule has 1 nitrogen and oxygen atoms in total. The summed E-state index contributed by atoms with van der Waals surface area (Å²) in [7, 11) is 0. The summed E-state index contributed by atoms with van der Waals surface area (Å²) in [4.78, 5) is 0. The molecule has 0 radical (unpaired) electrons. The van der Waals surface area contributed by atoms with Crippen molar-refractivity contribution in [3.05, 3.63) is 32.5 Å². The summed E-state index contributed by atoms with van der Waals surface area (Å²) < 4.78 is 1.46. The highest BCUT2D eigenvalue weighted by Gasteiger charge is 2.16. The molecule has 14 heavy (non-hydrogen) atoms. The van der Waals surface area contributed by atoms with Gasteiger partial charge in [0.2, 0.25) is 0 Å². The van der Waals surface area contributed by atoms with Crippen molar-refractivity contribution >= 4 is 34.5 Å². The number of hydrogen-bond acceptors (Lipinski definition) is 2. The summed E-state index contributed by atoms with van der Waals surface area (Å²) in [6, 6.07) is 2.01. The van der Waals surface area contributed by atoms with Gasteiger partial charge in [-0.2, -0.15) is 0 Å². The first kappa shape index (κ1) is 12.1. The molecule has 0 fully saturated rings. The molecule has 1 unspecified atom stereocenters. The highest BCUT2D eigenvalue weighted by atomic mass is 35.5. The molecule has 0 aliphatic carbocycles. The van der Waals surface area contributed by atoms with Gasteiger partial charge in [-0.3, -0.25) is 0 Å². The number of thiophene rings is 1. The molecule has 0 saturated carbocycles. The van der Waals surface area contributed by atoms with Gasteiger partial charge >= 0.3 is 0 Å². The third-order valence-corrected chi connectivity index (χ3v) is 3.41. The van der Waals surface area contributed by atoms with Crippen molar-refractivity contribution in [2.24, 2.45) is 0 Å². The van der Waals surface area contributed by atoms with Gasteiger partial charge in [0, 0.05) is 5.56 Å². The lowest BCUT2D eigenvalue weighted by atomic mass is 10.0. The molecule has 1 rings (SSSR count). The molecule has 1 aromatic rings. The first-order valence-corrected chi connectivity index (χ1v) is 5.97. The van der Waals surface area contributed by atoms with Gasteiger partial charge in [-0.25, -0.2) is 0 Å². The van der Waals surface area contributed by atoms with Crippen molar-refractivity contribution in [3.8, 4) is 0 Å². The maximum Gasteiger partial charge on any atom is 0.0995 e. The molecule has 0 spiro atoms. The fraction of sp³-hybridized carbons (Fsp3) is 0.400. The molecule has 0 aromatic carbocycles. The van der Waals surface area contributed by atoms with Gasteiger partial charge in [0.1, 0.15) is 0 Å². The Kier molecular flexibility index (Phi) is 4.45. The van der Waals surface area contributed by atoms with E-state index in [-0.39, 0.29) is 6.04 Å². The number of halogens is 2. The minimum absolute atomic E-state index is 0.108. The second-order valence-electron chi connectivity index (χ2n) is 3.12. The van der Waals surface area contributed by atoms with Gasteiger partial charge in [-0.05, 0) is 19.5 Å². The van der Waals surface area contributed by atoms with Crippen LogP contribution in [0.25, 0.3) is 0 Å². The van der Waals surface area contributed by atoms with Crippen molar-refractivity contribution in [2.45, 2.75) is 19.9 Å². The summed E-state index contributed by atoms with van der Waals surface area (Å²) in [5, 5.41) is 3.32. The zero-order valence-electron chi connectivity index (χ0n) is 8.23. The van der Waals surface area contributed by atoms with Crippen LogP contribution in [0, 0.1) is 0 Å². The van der Waals surface area contributed by atoms with Crippen LogP contribution in [0.5, 0.6) is 0 Å². The SMILES string of the molecule is C=C(C)C(NCC)c1cc(Cl)sc1Cl. The summed E-state index contributed by atoms with van der Waals surface area (Å²) in [6.45, 7) is 8.85. The lowest BCUT2D eigenvalue weighted by molar-refractivity contribution is 0.623. The van der Waals surface area contributed by atoms with E-state index in [0.29, 0.717) is 4.34 Å². The predicted molar refractivity (Wildman–Crippen MR) is 65.6 cm³/mol. The summed E-state index contributed by atoms with van der Waals surface area (Å²) in [5.41, 5.74) is 2.07. The number of likely N-dealkylation sites (N-methyl/N-ethyl adjacent to an activating group) is 1. The summed E-state index contributed by atoms with van der Waals surface area (Å²) >= 11 is 13.4. The Balaban J connectivity index is 2.98. The number of hydrogen-bond donors (Lipinski definition) is 1. The van der Waals surface area contributed by atoms with Crippen LogP contribution in [0.3, 0.4) is 0 Å². The largest absolute Gasteiger partial charge is 0.307 e. The number of rotatable bonds is 4. The second-order valence-corrected chi connectivity index (χ2v) is 5.40. The molecule has 78 valence electrons. The Morgan fingerprint density at radius 3 is 2.64 bits per heavy atom. The van der Waals surface area contributed by atoms with Crippen molar-refractivity contribution in [2.75, 3.05) is 6.54 Å². The third kappa shape index (κ3) is 2.74. The van der Waals surface area contributed by atoms with Gasteiger partial charge < -0.3 is 5.32 Å². The van der Waals surface area contributed by atoms with E-state index in [2.05, 4.69) is 18.8 Å². The van der Waals surface area contributed by atoms with E-state index in [1.165, 1.54) is 11.3 Å². The highest BCUT2D eigenvalue weighted by Crippen LogP contribution is 2.36. The maximum absolute atomic E-state index is 6.07. The van der Waals surface area contributed by atoms with Crippen LogP contribution >= 0.6 is 34.5 Å². The Labute approximate surface area is 98.7 Å². The Morgan fingerprint density at radius 2 is 2.29 bits per heavy atom. The van der Waals surface area contributed by atoms with Crippen LogP contribution in [0.4, 0.5) is 0 Å². The van der Waals surface area contributed by atoms with Gasteiger partial charge in [-0.15, -0.1) is 11.3 Å². The predicted octanol–water partition coefficient (Wildman–Crippen LogP) is 4.28. The molecule has 0 aliphatic rings. The quantitative estimate of drug-likeness (QED) is 0.786. The van der Waals surface area contributed by atoms with Crippen LogP contribution < -0.4 is 5.32 Å². The topological polar surface area (TPSA) is 12.0 Å². The maximum atomic E-state index is 6.07. The molecule has 0 aliphatic heterocycles. The zero-order chi connectivity index (χ0) is 10.7. The van der Waals surface area contributed by atoms with Gasteiger partial charge in [0.05, 0.1) is 14.7 Å². The van der Waals surface area contributed by atoms with E-state index >= 15 is 0 Å². The smallest absolute Gasteiger partial charge is 0.0995 e. The van der Waals surface area contributed by atoms with E-state index in [9.17, 15) is 0 Å². The van der Waals surface area contributed by atoms with E-state index < -0.39 is 0 Å². The van der Waals surface area contributed by atoms with E-state index in [1.807, 2.05) is 13.0 Å². The first-order chi connectivity index (χ1) is 6.56. The molecule has 0 saturated heterocycles. The van der Waals surface area contributed by atoms with Crippen molar-refractivity contribution < 1.29 is 0 Å². The van der Waals surface area contributed by atoms with E-state index in [0.717, 1.165) is 22.0 Å². The zero-order valence-corrected chi connectivity index (χ0v) is 10.6. The Bertz CT molecular complexity index is 333. The molecular weight excluding hydrogens is 237 g/mol. The minimum Gasteiger partial charge on any atom is -0.307 e. The second kappa shape index (κ2) is 5.17. The first-order valence-electron chi connectivity index (χ1n) is 4.39. The minimum atomic E-state index is 0.108. The lowest BCUT2D eigenvalue weighted by Gasteiger charge is -2.17. The van der Waals surface area contributed by atoms with Crippen LogP contribution in [0.15, 0.2) is 18.2 Å². The molecule has 1 aromatic heterocycles. The fourth-order valence-electron chi connectivity index (χ4n) is 1.30. The Hall–Kier alpha value is -0.0200. The molecule has 1 atom stereocenters. The van der Waals surface area contributed by atoms with E-state index in [1.54, 1.807) is 0 Å². The average molecular weight is 250 g/mol. The van der Waals surface area contributed by atoms with Crippen molar-refractivity contribution in [3.63, 3.8) is 0 Å². The van der Waals surface area contributed by atoms with Crippen LogP contribution in [0.2, 0.25) is 8.67 Å². The molecule has 1 heterocycles. The van der Waals surface area contributed by atoms with E-state index in [4.69, 9.17) is 23.2 Å². The van der Waals surface area contributed by atoms with Crippen molar-refractivity contribution in [1.82, 2.24) is 5.32 Å². The average Bonchev–Trinajstić information content (AvgIpc) is 2.40. The van der Waals surface area contributed by atoms with Crippen LogP contribution in [-0.4, -0.2) is 6.54 Å². The van der Waals surface area contributed by atoms with Gasteiger partial charge in [0.25, 0.3) is 0 Å². The normalized spacial score (nSPS) is 12.9. The molecule has 4 heteroatoms. The molecule has 0 amide bonds. The standard InChI is InChI=1S/C10H13Cl2NS/c1-4-13-9(6(2)3)7-5-8(11)14-10(7)12/h5,9,13H,2,4H2,1,3H3. The van der Waals surface area contributed by atoms with Crippen LogP contribution in [0.1, 0.15) is 25.5 Å². The third-order valence-electron chi connectivity index (χ3n) is 1.90. The lowest BCUT2D eigenvalue weighted by Crippen LogP contribution is -2.21. The van der Waals surface area contributed by atoms with Crippen molar-refractivity contribution in [1.29, 1.82) is 0 Å². The summed E-state index contributed by atoms with van der Waals surface area (Å²) in [6.07, 6.45) is 0. The van der Waals surface area contributed by atoms with Gasteiger partial charge in [0.15, 0.2) is 0 Å². The number of nitrogens with one attached hydrogen (secondary N) is 1. The summed E-state index contributed by atoms with van der Waals surface area (Å²) in [5.74, 6) is 0.